The van der Waals surface area contributed by atoms with Crippen LogP contribution in [0.5, 0.6) is 23.0 Å². The first-order valence-electron chi connectivity index (χ1n) is 9.99. The maximum atomic E-state index is 13.6. The van der Waals surface area contributed by atoms with Gasteiger partial charge in [-0.25, -0.2) is 0 Å². The predicted octanol–water partition coefficient (Wildman–Crippen LogP) is 4.25. The first kappa shape index (κ1) is 19.1. The number of anilines is 2. The molecule has 1 N–H and O–H groups in total. The lowest BCUT2D eigenvalue weighted by atomic mass is 10.0. The van der Waals surface area contributed by atoms with Gasteiger partial charge in [0.05, 0.1) is 25.5 Å². The third-order valence-electron chi connectivity index (χ3n) is 5.42. The maximum Gasteiger partial charge on any atom is 0.262 e. The number of fused-ring (bicyclic) bond motifs is 2. The normalized spacial score (nSPS) is 16.9. The molecule has 5 rings (SSSR count). The van der Waals surface area contributed by atoms with Crippen molar-refractivity contribution in [2.45, 2.75) is 6.17 Å². The maximum absolute atomic E-state index is 13.6. The number of methoxy groups -OCH3 is 2. The fraction of sp³-hybridized carbons (Fsp3) is 0.208. The minimum atomic E-state index is -0.478. The summed E-state index contributed by atoms with van der Waals surface area (Å²) in [5.74, 6) is 2.47. The second-order valence-electron chi connectivity index (χ2n) is 7.24. The van der Waals surface area contributed by atoms with E-state index in [0.717, 1.165) is 11.3 Å². The van der Waals surface area contributed by atoms with Crippen LogP contribution in [-0.4, -0.2) is 33.3 Å². The summed E-state index contributed by atoms with van der Waals surface area (Å²) in [6, 6.07) is 18.6. The molecule has 2 heterocycles. The highest BCUT2D eigenvalue weighted by Gasteiger charge is 2.35. The number of carbonyl (C=O) groups is 1. The number of nitrogens with one attached hydrogen (secondary N) is 1. The Morgan fingerprint density at radius 3 is 2.35 bits per heavy atom. The number of ether oxygens (including phenoxy) is 4. The Morgan fingerprint density at radius 1 is 0.903 bits per heavy atom. The molecule has 2 aliphatic rings. The highest BCUT2D eigenvalue weighted by Crippen LogP contribution is 2.41. The zero-order valence-electron chi connectivity index (χ0n) is 17.3. The van der Waals surface area contributed by atoms with Gasteiger partial charge in [-0.1, -0.05) is 12.1 Å². The van der Waals surface area contributed by atoms with E-state index in [1.54, 1.807) is 25.2 Å². The van der Waals surface area contributed by atoms with Crippen molar-refractivity contribution in [3.05, 3.63) is 71.8 Å². The van der Waals surface area contributed by atoms with Crippen LogP contribution in [0.25, 0.3) is 0 Å². The van der Waals surface area contributed by atoms with E-state index in [4.69, 9.17) is 18.9 Å². The average Bonchev–Trinajstić information content (AvgIpc) is 2.83. The van der Waals surface area contributed by atoms with Gasteiger partial charge in [-0.05, 0) is 36.4 Å². The highest BCUT2D eigenvalue weighted by atomic mass is 16.6. The van der Waals surface area contributed by atoms with Gasteiger partial charge in [0, 0.05) is 23.4 Å². The van der Waals surface area contributed by atoms with Gasteiger partial charge < -0.3 is 24.3 Å². The van der Waals surface area contributed by atoms with Crippen LogP contribution in [0.3, 0.4) is 0 Å². The van der Waals surface area contributed by atoms with Crippen LogP contribution in [0.2, 0.25) is 0 Å². The molecule has 0 aliphatic carbocycles. The average molecular weight is 418 g/mol. The summed E-state index contributed by atoms with van der Waals surface area (Å²) in [6.45, 7) is 0.984. The van der Waals surface area contributed by atoms with Crippen LogP contribution >= 0.6 is 0 Å². The molecule has 1 amide bonds. The molecule has 3 aromatic carbocycles. The third kappa shape index (κ3) is 3.38. The number of amides is 1. The minimum absolute atomic E-state index is 0.113. The van der Waals surface area contributed by atoms with Crippen molar-refractivity contribution in [3.8, 4) is 23.0 Å². The van der Waals surface area contributed by atoms with Crippen LogP contribution < -0.4 is 29.2 Å². The molecule has 158 valence electrons. The van der Waals surface area contributed by atoms with E-state index >= 15 is 0 Å². The summed E-state index contributed by atoms with van der Waals surface area (Å²) in [5, 5.41) is 3.50. The summed E-state index contributed by atoms with van der Waals surface area (Å²) in [5.41, 5.74) is 2.90. The lowest BCUT2D eigenvalue weighted by molar-refractivity contribution is 0.0974. The fourth-order valence-electron chi connectivity index (χ4n) is 3.92. The quantitative estimate of drug-likeness (QED) is 0.683. The first-order chi connectivity index (χ1) is 15.2. The van der Waals surface area contributed by atoms with E-state index in [2.05, 4.69) is 5.32 Å². The summed E-state index contributed by atoms with van der Waals surface area (Å²) < 4.78 is 22.3. The van der Waals surface area contributed by atoms with E-state index in [1.807, 2.05) is 54.6 Å². The van der Waals surface area contributed by atoms with Crippen LogP contribution in [0.4, 0.5) is 11.4 Å². The zero-order chi connectivity index (χ0) is 21.4. The third-order valence-corrected chi connectivity index (χ3v) is 5.42. The molecule has 1 unspecified atom stereocenters. The van der Waals surface area contributed by atoms with Gasteiger partial charge >= 0.3 is 0 Å². The van der Waals surface area contributed by atoms with Crippen molar-refractivity contribution < 1.29 is 23.7 Å². The molecule has 0 radical (unpaired) electrons. The van der Waals surface area contributed by atoms with Crippen LogP contribution in [0.1, 0.15) is 22.1 Å². The van der Waals surface area contributed by atoms with Crippen molar-refractivity contribution in [3.63, 3.8) is 0 Å². The molecular weight excluding hydrogens is 396 g/mol. The molecule has 1 atom stereocenters. The van der Waals surface area contributed by atoms with Crippen LogP contribution in [-0.2, 0) is 0 Å². The molecule has 31 heavy (non-hydrogen) atoms. The standard InChI is InChI=1S/C24H22N2O5/c1-28-17-11-15(12-18(14-17)29-2)23-25-20-6-4-3-5-19(20)24(27)26(23)16-7-8-21-22(13-16)31-10-9-30-21/h3-8,11-14,23,25H,9-10H2,1-2H3. The van der Waals surface area contributed by atoms with E-state index in [-0.39, 0.29) is 5.91 Å². The van der Waals surface area contributed by atoms with Crippen molar-refractivity contribution in [2.24, 2.45) is 0 Å². The first-order valence-corrected chi connectivity index (χ1v) is 9.99. The van der Waals surface area contributed by atoms with Gasteiger partial charge in [0.1, 0.15) is 30.9 Å². The lowest BCUT2D eigenvalue weighted by Crippen LogP contribution is -2.43. The summed E-state index contributed by atoms with van der Waals surface area (Å²) in [7, 11) is 3.21. The molecule has 0 saturated carbocycles. The molecule has 0 spiro atoms. The Hall–Kier alpha value is -3.87. The molecule has 0 fully saturated rings. The molecule has 0 aromatic heterocycles. The van der Waals surface area contributed by atoms with Crippen molar-refractivity contribution >= 4 is 17.3 Å². The zero-order valence-corrected chi connectivity index (χ0v) is 17.3. The Balaban J connectivity index is 1.65. The van der Waals surface area contributed by atoms with Gasteiger partial charge in [-0.3, -0.25) is 9.69 Å². The molecule has 2 aliphatic heterocycles. The van der Waals surface area contributed by atoms with Gasteiger partial charge in [0.15, 0.2) is 11.5 Å². The summed E-state index contributed by atoms with van der Waals surface area (Å²) in [6.07, 6.45) is -0.478. The van der Waals surface area contributed by atoms with Crippen LogP contribution in [0, 0.1) is 0 Å². The smallest absolute Gasteiger partial charge is 0.262 e. The Kier molecular flexibility index (Phi) is 4.78. The van der Waals surface area contributed by atoms with Gasteiger partial charge in [0.25, 0.3) is 5.91 Å². The van der Waals surface area contributed by atoms with Crippen LogP contribution in [0.15, 0.2) is 60.7 Å². The predicted molar refractivity (Wildman–Crippen MR) is 117 cm³/mol. The van der Waals surface area contributed by atoms with Gasteiger partial charge in [-0.2, -0.15) is 0 Å². The number of benzene rings is 3. The van der Waals surface area contributed by atoms with E-state index < -0.39 is 6.17 Å². The number of rotatable bonds is 4. The SMILES string of the molecule is COc1cc(OC)cc(C2Nc3ccccc3C(=O)N2c2ccc3c(c2)OCCO3)c1. The molecule has 7 heteroatoms. The van der Waals surface area contributed by atoms with E-state index in [9.17, 15) is 4.79 Å². The van der Waals surface area contributed by atoms with E-state index in [1.165, 1.54) is 0 Å². The highest BCUT2D eigenvalue weighted by molar-refractivity contribution is 6.12. The van der Waals surface area contributed by atoms with Gasteiger partial charge in [0.2, 0.25) is 0 Å². The Morgan fingerprint density at radius 2 is 1.61 bits per heavy atom. The Labute approximate surface area is 180 Å². The second kappa shape index (κ2) is 7.75. The topological polar surface area (TPSA) is 69.3 Å². The number of nitrogens with zero attached hydrogens (tertiary/aromatic N) is 1. The number of hydrogen-bond donors (Lipinski definition) is 1. The molecular formula is C24H22N2O5. The largest absolute Gasteiger partial charge is 0.497 e. The molecule has 3 aromatic rings. The molecule has 0 bridgehead atoms. The second-order valence-corrected chi connectivity index (χ2v) is 7.24. The number of para-hydroxylation sites is 1. The number of hydrogen-bond acceptors (Lipinski definition) is 6. The minimum Gasteiger partial charge on any atom is -0.497 e. The van der Waals surface area contributed by atoms with Crippen molar-refractivity contribution in [1.82, 2.24) is 0 Å². The van der Waals surface area contributed by atoms with Crippen molar-refractivity contribution in [1.29, 1.82) is 0 Å². The lowest BCUT2D eigenvalue weighted by Gasteiger charge is -2.38. The summed E-state index contributed by atoms with van der Waals surface area (Å²) >= 11 is 0. The van der Waals surface area contributed by atoms with E-state index in [0.29, 0.717) is 47.5 Å². The fourth-order valence-corrected chi connectivity index (χ4v) is 3.92. The monoisotopic (exact) mass is 418 g/mol. The molecule has 7 nitrogen and oxygen atoms in total. The Bertz CT molecular complexity index is 1120. The van der Waals surface area contributed by atoms with Crippen molar-refractivity contribution in [2.75, 3.05) is 37.7 Å². The molecule has 0 saturated heterocycles. The number of carbonyl (C=O) groups excluding carboxylic acids is 1. The van der Waals surface area contributed by atoms with Gasteiger partial charge in [-0.15, -0.1) is 0 Å². The summed E-state index contributed by atoms with van der Waals surface area (Å²) in [4.78, 5) is 15.3.